The molecule has 2 aliphatic rings. The number of hydrogen-bond acceptors (Lipinski definition) is 5. The first-order valence-corrected chi connectivity index (χ1v) is 7.29. The highest BCUT2D eigenvalue weighted by molar-refractivity contribution is 5.49. The Labute approximate surface area is 114 Å². The molecule has 0 spiro atoms. The minimum absolute atomic E-state index is 0.288. The van der Waals surface area contributed by atoms with Crippen LogP contribution in [0.5, 0.6) is 0 Å². The fourth-order valence-corrected chi connectivity index (χ4v) is 2.82. The monoisotopic (exact) mass is 262 g/mol. The number of aliphatic hydroxyl groups excluding tert-OH is 1. The molecule has 0 bridgehead atoms. The fraction of sp³-hybridized carbons (Fsp3) is 0.714. The number of aromatic nitrogens is 2. The fourth-order valence-electron chi connectivity index (χ4n) is 2.82. The number of hydrogen-bond donors (Lipinski definition) is 2. The van der Waals surface area contributed by atoms with Crippen molar-refractivity contribution in [2.24, 2.45) is 5.92 Å². The third kappa shape index (κ3) is 2.97. The van der Waals surface area contributed by atoms with Gasteiger partial charge in [-0.3, -0.25) is 0 Å². The molecular formula is C14H22N4O. The van der Waals surface area contributed by atoms with Gasteiger partial charge >= 0.3 is 0 Å². The molecule has 104 valence electrons. The van der Waals surface area contributed by atoms with Gasteiger partial charge in [0, 0.05) is 31.8 Å². The molecule has 2 fully saturated rings. The second kappa shape index (κ2) is 5.74. The van der Waals surface area contributed by atoms with Gasteiger partial charge in [-0.1, -0.05) is 0 Å². The minimum Gasteiger partial charge on any atom is -0.396 e. The van der Waals surface area contributed by atoms with E-state index in [-0.39, 0.29) is 6.61 Å². The summed E-state index contributed by atoms with van der Waals surface area (Å²) in [5.41, 5.74) is 0. The highest BCUT2D eigenvalue weighted by atomic mass is 16.3. The summed E-state index contributed by atoms with van der Waals surface area (Å²) in [5, 5.41) is 12.5. The van der Waals surface area contributed by atoms with Gasteiger partial charge in [-0.15, -0.1) is 0 Å². The minimum atomic E-state index is 0.288. The highest BCUT2D eigenvalue weighted by Gasteiger charge is 2.23. The van der Waals surface area contributed by atoms with Crippen molar-refractivity contribution in [3.05, 3.63) is 12.4 Å². The van der Waals surface area contributed by atoms with Gasteiger partial charge in [-0.05, 0) is 38.0 Å². The Morgan fingerprint density at radius 2 is 2.21 bits per heavy atom. The van der Waals surface area contributed by atoms with Crippen LogP contribution in [0.4, 0.5) is 11.6 Å². The Balaban J connectivity index is 1.62. The number of rotatable bonds is 5. The van der Waals surface area contributed by atoms with Crippen LogP contribution in [0.3, 0.4) is 0 Å². The van der Waals surface area contributed by atoms with Gasteiger partial charge in [0.2, 0.25) is 0 Å². The molecule has 5 nitrogen and oxygen atoms in total. The molecule has 1 aromatic heterocycles. The molecule has 2 heterocycles. The topological polar surface area (TPSA) is 61.3 Å². The Morgan fingerprint density at radius 1 is 1.32 bits per heavy atom. The van der Waals surface area contributed by atoms with E-state index >= 15 is 0 Å². The lowest BCUT2D eigenvalue weighted by molar-refractivity contribution is 0.263. The van der Waals surface area contributed by atoms with E-state index in [4.69, 9.17) is 5.11 Å². The summed E-state index contributed by atoms with van der Waals surface area (Å²) >= 11 is 0. The van der Waals surface area contributed by atoms with Crippen LogP contribution in [0.15, 0.2) is 12.4 Å². The summed E-state index contributed by atoms with van der Waals surface area (Å²) in [7, 11) is 0. The molecule has 1 aliphatic carbocycles. The van der Waals surface area contributed by atoms with Crippen LogP contribution in [0.2, 0.25) is 0 Å². The zero-order valence-corrected chi connectivity index (χ0v) is 11.3. The van der Waals surface area contributed by atoms with Crippen molar-refractivity contribution >= 4 is 11.6 Å². The Morgan fingerprint density at radius 3 is 2.95 bits per heavy atom. The van der Waals surface area contributed by atoms with Crippen LogP contribution in [-0.2, 0) is 0 Å². The Bertz CT molecular complexity index is 422. The van der Waals surface area contributed by atoms with Gasteiger partial charge in [0.15, 0.2) is 0 Å². The van der Waals surface area contributed by atoms with Crippen LogP contribution in [0, 0.1) is 5.92 Å². The van der Waals surface area contributed by atoms with Gasteiger partial charge in [-0.25, -0.2) is 9.97 Å². The Hall–Kier alpha value is -1.36. The van der Waals surface area contributed by atoms with E-state index in [1.807, 2.05) is 0 Å². The third-order valence-corrected chi connectivity index (χ3v) is 4.26. The van der Waals surface area contributed by atoms with Gasteiger partial charge in [0.1, 0.15) is 18.0 Å². The molecule has 19 heavy (non-hydrogen) atoms. The van der Waals surface area contributed by atoms with Crippen molar-refractivity contribution in [3.63, 3.8) is 0 Å². The molecule has 1 saturated carbocycles. The molecular weight excluding hydrogens is 240 g/mol. The van der Waals surface area contributed by atoms with Crippen molar-refractivity contribution in [2.75, 3.05) is 29.9 Å². The largest absolute Gasteiger partial charge is 0.396 e. The van der Waals surface area contributed by atoms with E-state index in [0.717, 1.165) is 37.6 Å². The zero-order valence-electron chi connectivity index (χ0n) is 11.3. The smallest absolute Gasteiger partial charge is 0.134 e. The number of anilines is 2. The normalized spacial score (nSPS) is 23.4. The number of aliphatic hydroxyl groups is 1. The van der Waals surface area contributed by atoms with Crippen molar-refractivity contribution < 1.29 is 5.11 Å². The molecule has 1 aromatic rings. The first-order chi connectivity index (χ1) is 9.35. The molecule has 0 radical (unpaired) electrons. The van der Waals surface area contributed by atoms with E-state index in [9.17, 15) is 0 Å². The van der Waals surface area contributed by atoms with Crippen LogP contribution in [0.1, 0.15) is 32.1 Å². The van der Waals surface area contributed by atoms with Crippen LogP contribution in [0.25, 0.3) is 0 Å². The lowest BCUT2D eigenvalue weighted by Crippen LogP contribution is -2.28. The summed E-state index contributed by atoms with van der Waals surface area (Å²) in [6.07, 6.45) is 7.52. The van der Waals surface area contributed by atoms with E-state index in [1.54, 1.807) is 6.33 Å². The lowest BCUT2D eigenvalue weighted by atomic mass is 9.93. The molecule has 2 N–H and O–H groups in total. The van der Waals surface area contributed by atoms with Crippen LogP contribution >= 0.6 is 0 Å². The summed E-state index contributed by atoms with van der Waals surface area (Å²) in [6.45, 7) is 2.32. The Kier molecular flexibility index (Phi) is 3.82. The maximum absolute atomic E-state index is 9.01. The van der Waals surface area contributed by atoms with Crippen molar-refractivity contribution in [3.8, 4) is 0 Å². The molecule has 1 unspecified atom stereocenters. The second-order valence-corrected chi connectivity index (χ2v) is 5.65. The van der Waals surface area contributed by atoms with Gasteiger partial charge in [0.25, 0.3) is 0 Å². The molecule has 3 rings (SSSR count). The first kappa shape index (κ1) is 12.7. The van der Waals surface area contributed by atoms with E-state index < -0.39 is 0 Å². The summed E-state index contributed by atoms with van der Waals surface area (Å²) in [4.78, 5) is 11.0. The third-order valence-electron chi connectivity index (χ3n) is 4.26. The number of nitrogens with zero attached hydrogens (tertiary/aromatic N) is 3. The van der Waals surface area contributed by atoms with Crippen molar-refractivity contribution in [2.45, 2.75) is 38.1 Å². The van der Waals surface area contributed by atoms with E-state index in [2.05, 4.69) is 26.3 Å². The predicted octanol–water partition coefficient (Wildman–Crippen LogP) is 1.65. The molecule has 5 heteroatoms. The molecule has 0 aromatic carbocycles. The van der Waals surface area contributed by atoms with E-state index in [0.29, 0.717) is 12.0 Å². The molecule has 1 atom stereocenters. The molecule has 0 amide bonds. The number of nitrogens with one attached hydrogen (secondary N) is 1. The van der Waals surface area contributed by atoms with Gasteiger partial charge in [0.05, 0.1) is 0 Å². The maximum atomic E-state index is 9.01. The lowest BCUT2D eigenvalue weighted by Gasteiger charge is -2.27. The zero-order chi connectivity index (χ0) is 13.1. The first-order valence-electron chi connectivity index (χ1n) is 7.29. The summed E-state index contributed by atoms with van der Waals surface area (Å²) in [6, 6.07) is 2.66. The summed E-state index contributed by atoms with van der Waals surface area (Å²) < 4.78 is 0. The average Bonchev–Trinajstić information content (AvgIpc) is 2.84. The summed E-state index contributed by atoms with van der Waals surface area (Å²) in [5.74, 6) is 2.56. The van der Waals surface area contributed by atoms with Crippen molar-refractivity contribution in [1.29, 1.82) is 0 Å². The quantitative estimate of drug-likeness (QED) is 0.845. The second-order valence-electron chi connectivity index (χ2n) is 5.65. The van der Waals surface area contributed by atoms with Crippen LogP contribution in [-0.4, -0.2) is 40.8 Å². The van der Waals surface area contributed by atoms with Gasteiger partial charge in [-0.2, -0.15) is 0 Å². The molecule has 1 saturated heterocycles. The molecule has 1 aliphatic heterocycles. The highest BCUT2D eigenvalue weighted by Crippen LogP contribution is 2.26. The van der Waals surface area contributed by atoms with E-state index in [1.165, 1.54) is 19.3 Å². The predicted molar refractivity (Wildman–Crippen MR) is 75.3 cm³/mol. The SMILES string of the molecule is OCCC1CCN(c2cc(NC3CCC3)ncn2)C1. The van der Waals surface area contributed by atoms with Crippen LogP contribution < -0.4 is 10.2 Å². The van der Waals surface area contributed by atoms with Crippen molar-refractivity contribution in [1.82, 2.24) is 9.97 Å². The van der Waals surface area contributed by atoms with Gasteiger partial charge < -0.3 is 15.3 Å². The average molecular weight is 262 g/mol. The maximum Gasteiger partial charge on any atom is 0.134 e. The standard InChI is InChI=1S/C14H22N4O/c19-7-5-11-4-6-18(9-11)14-8-13(15-10-16-14)17-12-2-1-3-12/h8,10-12,19H,1-7,9H2,(H,15,16,17).